The van der Waals surface area contributed by atoms with Crippen LogP contribution in [0.2, 0.25) is 0 Å². The summed E-state index contributed by atoms with van der Waals surface area (Å²) >= 11 is 0. The minimum atomic E-state index is -1.94. The second-order valence-electron chi connectivity index (χ2n) is 13.4. The van der Waals surface area contributed by atoms with E-state index in [1.54, 1.807) is 6.07 Å². The first kappa shape index (κ1) is 41.7. The van der Waals surface area contributed by atoms with Crippen molar-refractivity contribution in [2.45, 2.75) is 63.3 Å². The summed E-state index contributed by atoms with van der Waals surface area (Å²) < 4.78 is 0. The van der Waals surface area contributed by atoms with E-state index in [2.05, 4.69) is 21.3 Å². The van der Waals surface area contributed by atoms with Gasteiger partial charge in [0.1, 0.15) is 18.1 Å². The molecule has 0 saturated carbocycles. The number of fused-ring (bicyclic) bond motifs is 2. The molecule has 5 atom stereocenters. The summed E-state index contributed by atoms with van der Waals surface area (Å²) in [5.74, 6) is -8.67. The van der Waals surface area contributed by atoms with Crippen LogP contribution in [0.3, 0.4) is 0 Å². The van der Waals surface area contributed by atoms with Crippen molar-refractivity contribution in [1.82, 2.24) is 26.2 Å². The molecule has 17 nitrogen and oxygen atoms in total. The smallest absolute Gasteiger partial charge is 0.262 e. The number of hydrogen-bond donors (Lipinski definition) is 8. The molecule has 7 amide bonds. The van der Waals surface area contributed by atoms with E-state index in [4.69, 9.17) is 16.6 Å². The zero-order valence-electron chi connectivity index (χ0n) is 30.3. The molecule has 17 heteroatoms. The molecule has 0 aliphatic carbocycles. The predicted molar refractivity (Wildman–Crippen MR) is 198 cm³/mol. The lowest BCUT2D eigenvalue weighted by Crippen LogP contribution is -2.65. The number of primary amides is 1. The highest BCUT2D eigenvalue weighted by molar-refractivity contribution is 6.27. The number of nitrogens with two attached hydrogens (primary N) is 2. The number of carbonyl (C=O) groups excluding carboxylic acids is 8. The molecule has 10 N–H and O–H groups in total. The maximum atomic E-state index is 14.1. The maximum Gasteiger partial charge on any atom is 0.262 e. The van der Waals surface area contributed by atoms with Crippen LogP contribution in [-0.2, 0) is 35.2 Å². The molecule has 0 bridgehead atoms. The van der Waals surface area contributed by atoms with Gasteiger partial charge in [0, 0.05) is 18.7 Å². The number of amides is 7. The standard InChI is InChI=1S/C38H45N7O10/c1-20(2)30(38(55)45-31(36(53)41-14-7-15-46)32(49)24-10-5-6-11-25(24)37(45)54)44-35(52)28(19-47)43-34(51)27(18-29(40)48)42-33(50)26(39)17-21-12-13-22-8-3-4-9-23(22)16-21/h3-6,8-13,16,20,26-28,30-31,46-47H,7,14-15,17-19,39H2,1-2H3,(H2,40,48)(H,41,53)(H,42,50)(H,43,51)(H,44,52)/t26-,27-,28-,30-,31-/m0/s1. The molecule has 1 aliphatic rings. The number of hydrogen-bond acceptors (Lipinski definition) is 11. The minimum Gasteiger partial charge on any atom is -0.396 e. The summed E-state index contributed by atoms with van der Waals surface area (Å²) in [6.07, 6.45) is -0.483. The topological polar surface area (TPSA) is 280 Å². The van der Waals surface area contributed by atoms with Gasteiger partial charge >= 0.3 is 0 Å². The van der Waals surface area contributed by atoms with Gasteiger partial charge in [0.05, 0.1) is 24.6 Å². The van der Waals surface area contributed by atoms with E-state index >= 15 is 0 Å². The van der Waals surface area contributed by atoms with Gasteiger partial charge in [-0.25, -0.2) is 0 Å². The molecule has 4 rings (SSSR count). The first-order valence-electron chi connectivity index (χ1n) is 17.6. The zero-order valence-corrected chi connectivity index (χ0v) is 30.3. The average molecular weight is 760 g/mol. The molecule has 292 valence electrons. The van der Waals surface area contributed by atoms with E-state index < -0.39 is 96.3 Å². The SMILES string of the molecule is CC(C)[C@H](NC(=O)[C@H](CO)NC(=O)[C@H](CC(N)=O)NC(=O)[C@@H](N)Cc1ccc2ccccc2c1)C(=O)N1C(=O)c2ccccc2C(=O)[C@H]1C(=O)NCCCO. The minimum absolute atomic E-state index is 0.0627. The summed E-state index contributed by atoms with van der Waals surface area (Å²) in [4.78, 5) is 107. The number of nitrogens with zero attached hydrogens (tertiary/aromatic N) is 1. The highest BCUT2D eigenvalue weighted by atomic mass is 16.3. The van der Waals surface area contributed by atoms with E-state index in [1.165, 1.54) is 38.1 Å². The number of benzene rings is 3. The van der Waals surface area contributed by atoms with Crippen LogP contribution in [-0.4, -0.2) is 112 Å². The van der Waals surface area contributed by atoms with Gasteiger partial charge in [0.2, 0.25) is 23.6 Å². The van der Waals surface area contributed by atoms with Crippen molar-refractivity contribution in [3.05, 3.63) is 83.4 Å². The first-order chi connectivity index (χ1) is 26.2. The zero-order chi connectivity index (χ0) is 40.4. The van der Waals surface area contributed by atoms with Crippen LogP contribution in [0.15, 0.2) is 66.7 Å². The number of imide groups is 1. The van der Waals surface area contributed by atoms with Gasteiger partial charge in [-0.15, -0.1) is 0 Å². The number of ketones is 1. The van der Waals surface area contributed by atoms with Gasteiger partial charge in [-0.05, 0) is 41.2 Å². The maximum absolute atomic E-state index is 14.1. The van der Waals surface area contributed by atoms with Gasteiger partial charge in [-0.1, -0.05) is 74.5 Å². The molecular formula is C38H45N7O10. The second kappa shape index (κ2) is 18.8. The van der Waals surface area contributed by atoms with Crippen LogP contribution in [0.1, 0.15) is 53.0 Å². The highest BCUT2D eigenvalue weighted by Gasteiger charge is 2.48. The number of rotatable bonds is 17. The molecule has 3 aromatic carbocycles. The number of carbonyl (C=O) groups is 8. The molecule has 3 aromatic rings. The lowest BCUT2D eigenvalue weighted by molar-refractivity contribution is -0.141. The Bertz CT molecular complexity index is 1970. The van der Waals surface area contributed by atoms with Crippen molar-refractivity contribution in [2.24, 2.45) is 17.4 Å². The van der Waals surface area contributed by atoms with E-state index in [1.807, 2.05) is 36.4 Å². The molecule has 55 heavy (non-hydrogen) atoms. The Morgan fingerprint density at radius 1 is 0.800 bits per heavy atom. The third-order valence-corrected chi connectivity index (χ3v) is 8.96. The van der Waals surface area contributed by atoms with Gasteiger partial charge in [0.15, 0.2) is 11.8 Å². The fourth-order valence-electron chi connectivity index (χ4n) is 6.03. The molecule has 0 spiro atoms. The van der Waals surface area contributed by atoms with Crippen LogP contribution >= 0.6 is 0 Å². The van der Waals surface area contributed by atoms with Crippen molar-refractivity contribution in [3.63, 3.8) is 0 Å². The largest absolute Gasteiger partial charge is 0.396 e. The molecule has 0 fully saturated rings. The van der Waals surface area contributed by atoms with Crippen molar-refractivity contribution < 1.29 is 48.6 Å². The lowest BCUT2D eigenvalue weighted by Gasteiger charge is -2.36. The van der Waals surface area contributed by atoms with Crippen molar-refractivity contribution in [2.75, 3.05) is 19.8 Å². The van der Waals surface area contributed by atoms with Crippen molar-refractivity contribution >= 4 is 57.9 Å². The Hall–Kier alpha value is -6.04. The van der Waals surface area contributed by atoms with Gasteiger partial charge in [-0.3, -0.25) is 43.3 Å². The molecule has 0 saturated heterocycles. The Balaban J connectivity index is 1.49. The number of Topliss-reactive ketones (excluding diaryl/α,β-unsaturated/α-hetero) is 1. The fourth-order valence-corrected chi connectivity index (χ4v) is 6.03. The van der Waals surface area contributed by atoms with E-state index in [9.17, 15) is 43.5 Å². The highest BCUT2D eigenvalue weighted by Crippen LogP contribution is 2.26. The Morgan fingerprint density at radius 3 is 2.05 bits per heavy atom. The molecule has 1 aliphatic heterocycles. The lowest BCUT2D eigenvalue weighted by atomic mass is 9.89. The van der Waals surface area contributed by atoms with Gasteiger partial charge in [-0.2, -0.15) is 0 Å². The molecule has 0 unspecified atom stereocenters. The molecule has 0 aromatic heterocycles. The number of aliphatic hydroxyl groups is 2. The summed E-state index contributed by atoms with van der Waals surface area (Å²) in [6.45, 7) is 1.67. The van der Waals surface area contributed by atoms with Crippen LogP contribution in [0.5, 0.6) is 0 Å². The second-order valence-corrected chi connectivity index (χ2v) is 13.4. The van der Waals surface area contributed by atoms with Crippen LogP contribution in [0.25, 0.3) is 10.8 Å². The number of aliphatic hydroxyl groups excluding tert-OH is 2. The summed E-state index contributed by atoms with van der Waals surface area (Å²) in [6, 6.07) is 10.7. The first-order valence-corrected chi connectivity index (χ1v) is 17.6. The van der Waals surface area contributed by atoms with Crippen molar-refractivity contribution in [1.29, 1.82) is 0 Å². The molecular weight excluding hydrogens is 714 g/mol. The van der Waals surface area contributed by atoms with Gasteiger partial charge in [0.25, 0.3) is 17.7 Å². The Kier molecular flexibility index (Phi) is 14.3. The van der Waals surface area contributed by atoms with Crippen LogP contribution in [0, 0.1) is 5.92 Å². The monoisotopic (exact) mass is 759 g/mol. The Labute approximate surface area is 316 Å². The normalized spacial score (nSPS) is 16.0. The van der Waals surface area contributed by atoms with Crippen molar-refractivity contribution in [3.8, 4) is 0 Å². The van der Waals surface area contributed by atoms with Crippen LogP contribution < -0.4 is 32.7 Å². The molecule has 0 radical (unpaired) electrons. The number of nitrogens with one attached hydrogen (secondary N) is 4. The Morgan fingerprint density at radius 2 is 1.42 bits per heavy atom. The summed E-state index contributed by atoms with van der Waals surface area (Å²) in [7, 11) is 0. The molecule has 1 heterocycles. The average Bonchev–Trinajstić information content (AvgIpc) is 3.16. The summed E-state index contributed by atoms with van der Waals surface area (Å²) in [5, 5.41) is 30.6. The summed E-state index contributed by atoms with van der Waals surface area (Å²) in [5.41, 5.74) is 12.0. The van der Waals surface area contributed by atoms with E-state index in [-0.39, 0.29) is 37.1 Å². The van der Waals surface area contributed by atoms with Gasteiger partial charge < -0.3 is 42.9 Å². The van der Waals surface area contributed by atoms with E-state index in [0.717, 1.165) is 16.3 Å². The fraction of sp³-hybridized carbons (Fsp3) is 0.368. The predicted octanol–water partition coefficient (Wildman–Crippen LogP) is -1.58. The third-order valence-electron chi connectivity index (χ3n) is 8.96. The van der Waals surface area contributed by atoms with E-state index in [0.29, 0.717) is 4.90 Å². The van der Waals surface area contributed by atoms with Crippen LogP contribution in [0.4, 0.5) is 0 Å². The third kappa shape index (κ3) is 10.1. The quantitative estimate of drug-likeness (QED) is 0.0574.